The maximum absolute atomic E-state index is 12.7. The molecule has 2 aliphatic carbocycles. The van der Waals surface area contributed by atoms with Gasteiger partial charge in [-0.15, -0.1) is 0 Å². The smallest absolute Gasteiger partial charge is 0.475 e. The molecule has 2 aliphatic rings. The van der Waals surface area contributed by atoms with Crippen LogP contribution in [0.4, 0.5) is 18.9 Å². The van der Waals surface area contributed by atoms with Crippen LogP contribution in [-0.4, -0.2) is 37.6 Å². The van der Waals surface area contributed by atoms with Crippen molar-refractivity contribution in [1.29, 1.82) is 0 Å². The fourth-order valence-electron chi connectivity index (χ4n) is 3.67. The molecule has 2 aromatic rings. The van der Waals surface area contributed by atoms with Crippen molar-refractivity contribution < 1.29 is 36.3 Å². The van der Waals surface area contributed by atoms with Gasteiger partial charge in [-0.2, -0.15) is 13.2 Å². The van der Waals surface area contributed by atoms with E-state index in [9.17, 15) is 26.4 Å². The van der Waals surface area contributed by atoms with E-state index in [-0.39, 0.29) is 10.8 Å². The number of amides is 1. The fourth-order valence-corrected chi connectivity index (χ4v) is 4.73. The number of halogens is 3. The van der Waals surface area contributed by atoms with Crippen molar-refractivity contribution >= 4 is 27.6 Å². The van der Waals surface area contributed by atoms with E-state index < -0.39 is 27.6 Å². The SMILES string of the molecule is CC(C)Cc1ccc(S(=O)(=O)Nc2ccc(C3(C(=O)NC4CC4)CC3)cc2)cc1.O=C(O)C(F)(F)F. The molecule has 0 bridgehead atoms. The second-order valence-electron chi connectivity index (χ2n) is 9.56. The summed E-state index contributed by atoms with van der Waals surface area (Å²) in [5, 5.41) is 10.2. The van der Waals surface area contributed by atoms with E-state index >= 15 is 0 Å². The Labute approximate surface area is 208 Å². The molecule has 2 fully saturated rings. The summed E-state index contributed by atoms with van der Waals surface area (Å²) in [6, 6.07) is 14.6. The zero-order valence-corrected chi connectivity index (χ0v) is 20.7. The minimum absolute atomic E-state index is 0.106. The van der Waals surface area contributed by atoms with Gasteiger partial charge in [-0.3, -0.25) is 9.52 Å². The van der Waals surface area contributed by atoms with Crippen molar-refractivity contribution in [2.24, 2.45) is 5.92 Å². The highest BCUT2D eigenvalue weighted by molar-refractivity contribution is 7.92. The molecule has 0 saturated heterocycles. The Morgan fingerprint density at radius 2 is 1.56 bits per heavy atom. The first-order valence-electron chi connectivity index (χ1n) is 11.6. The third-order valence-corrected chi connectivity index (χ3v) is 7.30. The van der Waals surface area contributed by atoms with Gasteiger partial charge in [0.2, 0.25) is 5.91 Å². The lowest BCUT2D eigenvalue weighted by molar-refractivity contribution is -0.192. The van der Waals surface area contributed by atoms with Crippen molar-refractivity contribution in [2.45, 2.75) is 68.5 Å². The summed E-state index contributed by atoms with van der Waals surface area (Å²) in [7, 11) is -3.64. The quantitative estimate of drug-likeness (QED) is 0.464. The van der Waals surface area contributed by atoms with E-state index in [4.69, 9.17) is 9.90 Å². The van der Waals surface area contributed by atoms with Gasteiger partial charge in [0, 0.05) is 11.7 Å². The molecule has 36 heavy (non-hydrogen) atoms. The summed E-state index contributed by atoms with van der Waals surface area (Å²) in [5.41, 5.74) is 2.16. The second-order valence-corrected chi connectivity index (χ2v) is 11.2. The molecular formula is C25H29F3N2O5S. The van der Waals surface area contributed by atoms with Gasteiger partial charge in [0.1, 0.15) is 0 Å². The molecule has 196 valence electrons. The summed E-state index contributed by atoms with van der Waals surface area (Å²) in [6.45, 7) is 4.27. The van der Waals surface area contributed by atoms with Crippen LogP contribution < -0.4 is 10.0 Å². The van der Waals surface area contributed by atoms with Crippen LogP contribution in [0.5, 0.6) is 0 Å². The Bertz CT molecular complexity index is 1190. The lowest BCUT2D eigenvalue weighted by Crippen LogP contribution is -2.36. The zero-order valence-electron chi connectivity index (χ0n) is 19.9. The van der Waals surface area contributed by atoms with Gasteiger partial charge in [-0.1, -0.05) is 38.1 Å². The number of sulfonamides is 1. The molecule has 11 heteroatoms. The van der Waals surface area contributed by atoms with Gasteiger partial charge in [0.05, 0.1) is 10.3 Å². The van der Waals surface area contributed by atoms with Crippen molar-refractivity contribution in [1.82, 2.24) is 5.32 Å². The number of rotatable bonds is 8. The van der Waals surface area contributed by atoms with Crippen LogP contribution in [0.1, 0.15) is 50.7 Å². The molecule has 7 nitrogen and oxygen atoms in total. The summed E-state index contributed by atoms with van der Waals surface area (Å²) in [5.74, 6) is -2.13. The number of carboxylic acid groups (broad SMARTS) is 1. The standard InChI is InChI=1S/C23H28N2O3S.C2HF3O2/c1-16(2)15-17-3-11-21(12-4-17)29(27,28)25-20-7-5-18(6-8-20)23(13-14-23)22(26)24-19-9-10-19;3-2(4,5)1(6)7/h3-8,11-12,16,19,25H,9-10,13-15H2,1-2H3,(H,24,26);(H,6,7). The number of hydrogen-bond donors (Lipinski definition) is 3. The predicted molar refractivity (Wildman–Crippen MR) is 128 cm³/mol. The third-order valence-electron chi connectivity index (χ3n) is 5.91. The summed E-state index contributed by atoms with van der Waals surface area (Å²) in [4.78, 5) is 21.7. The molecule has 0 spiro atoms. The number of hydrogen-bond acceptors (Lipinski definition) is 4. The number of aliphatic carboxylic acids is 1. The first-order chi connectivity index (χ1) is 16.7. The van der Waals surface area contributed by atoms with E-state index in [0.717, 1.165) is 43.2 Å². The summed E-state index contributed by atoms with van der Waals surface area (Å²) < 4.78 is 59.8. The van der Waals surface area contributed by atoms with Crippen LogP contribution in [0.2, 0.25) is 0 Å². The van der Waals surface area contributed by atoms with E-state index in [1.54, 1.807) is 24.3 Å². The first-order valence-corrected chi connectivity index (χ1v) is 13.0. The number of alkyl halides is 3. The van der Waals surface area contributed by atoms with E-state index in [1.807, 2.05) is 24.3 Å². The van der Waals surface area contributed by atoms with Crippen LogP contribution in [0.15, 0.2) is 53.4 Å². The lowest BCUT2D eigenvalue weighted by Gasteiger charge is -2.16. The molecule has 1 amide bonds. The van der Waals surface area contributed by atoms with E-state index in [0.29, 0.717) is 17.6 Å². The van der Waals surface area contributed by atoms with Crippen LogP contribution in [0.25, 0.3) is 0 Å². The molecule has 0 radical (unpaired) electrons. The number of carbonyl (C=O) groups is 2. The first kappa shape index (κ1) is 27.5. The Morgan fingerprint density at radius 3 is 1.97 bits per heavy atom. The van der Waals surface area contributed by atoms with Crippen molar-refractivity contribution in [3.8, 4) is 0 Å². The number of carbonyl (C=O) groups excluding carboxylic acids is 1. The van der Waals surface area contributed by atoms with Crippen molar-refractivity contribution in [3.63, 3.8) is 0 Å². The monoisotopic (exact) mass is 526 g/mol. The molecule has 2 aromatic carbocycles. The van der Waals surface area contributed by atoms with Crippen LogP contribution in [-0.2, 0) is 31.4 Å². The highest BCUT2D eigenvalue weighted by Crippen LogP contribution is 2.49. The van der Waals surface area contributed by atoms with Gasteiger partial charge in [0.25, 0.3) is 10.0 Å². The van der Waals surface area contributed by atoms with Gasteiger partial charge in [-0.25, -0.2) is 13.2 Å². The number of anilines is 1. The van der Waals surface area contributed by atoms with Crippen molar-refractivity contribution in [2.75, 3.05) is 4.72 Å². The fraction of sp³-hybridized carbons (Fsp3) is 0.440. The molecule has 0 unspecified atom stereocenters. The average molecular weight is 527 g/mol. The molecular weight excluding hydrogens is 497 g/mol. The molecule has 4 rings (SSSR count). The largest absolute Gasteiger partial charge is 0.490 e. The van der Waals surface area contributed by atoms with E-state index in [2.05, 4.69) is 23.9 Å². The topological polar surface area (TPSA) is 113 Å². The molecule has 3 N–H and O–H groups in total. The number of nitrogens with one attached hydrogen (secondary N) is 2. The van der Waals surface area contributed by atoms with Crippen LogP contribution in [0, 0.1) is 5.92 Å². The molecule has 0 aromatic heterocycles. The predicted octanol–water partition coefficient (Wildman–Crippen LogP) is 4.63. The molecule has 2 saturated carbocycles. The van der Waals surface area contributed by atoms with Crippen LogP contribution in [0.3, 0.4) is 0 Å². The minimum atomic E-state index is -5.08. The maximum Gasteiger partial charge on any atom is 0.490 e. The third kappa shape index (κ3) is 7.22. The Hall–Kier alpha value is -3.08. The highest BCUT2D eigenvalue weighted by atomic mass is 32.2. The van der Waals surface area contributed by atoms with Gasteiger partial charge >= 0.3 is 12.1 Å². The van der Waals surface area contributed by atoms with Gasteiger partial charge in [0.15, 0.2) is 0 Å². The number of benzene rings is 2. The maximum atomic E-state index is 12.7. The van der Waals surface area contributed by atoms with Gasteiger partial charge in [-0.05, 0) is 73.4 Å². The number of carboxylic acids is 1. The Balaban J connectivity index is 0.000000454. The average Bonchev–Trinajstić information content (AvgIpc) is 3.69. The molecule has 0 aliphatic heterocycles. The lowest BCUT2D eigenvalue weighted by atomic mass is 9.95. The van der Waals surface area contributed by atoms with Crippen molar-refractivity contribution in [3.05, 3.63) is 59.7 Å². The highest BCUT2D eigenvalue weighted by Gasteiger charge is 2.52. The molecule has 0 atom stereocenters. The zero-order chi connectivity index (χ0) is 26.7. The van der Waals surface area contributed by atoms with E-state index in [1.165, 1.54) is 0 Å². The van der Waals surface area contributed by atoms with Gasteiger partial charge < -0.3 is 10.4 Å². The normalized spacial score (nSPS) is 16.5. The molecule has 0 heterocycles. The summed E-state index contributed by atoms with van der Waals surface area (Å²) in [6.07, 6.45) is -0.327. The Morgan fingerprint density at radius 1 is 1.03 bits per heavy atom. The Kier molecular flexibility index (Phi) is 8.02. The summed E-state index contributed by atoms with van der Waals surface area (Å²) >= 11 is 0. The second kappa shape index (κ2) is 10.5. The minimum Gasteiger partial charge on any atom is -0.475 e. The van der Waals surface area contributed by atoms with Crippen LogP contribution >= 0.6 is 0 Å².